The highest BCUT2D eigenvalue weighted by molar-refractivity contribution is 7.99. The van der Waals surface area contributed by atoms with E-state index in [1.807, 2.05) is 30.3 Å². The number of benzene rings is 2. The van der Waals surface area contributed by atoms with Crippen LogP contribution in [0.3, 0.4) is 0 Å². The Kier molecular flexibility index (Phi) is 4.79. The maximum Gasteiger partial charge on any atom is 0.167 e. The van der Waals surface area contributed by atoms with E-state index in [9.17, 15) is 4.39 Å². The van der Waals surface area contributed by atoms with Gasteiger partial charge >= 0.3 is 0 Å². The minimum absolute atomic E-state index is 0.262. The van der Waals surface area contributed by atoms with Gasteiger partial charge in [-0.3, -0.25) is 0 Å². The van der Waals surface area contributed by atoms with Gasteiger partial charge in [-0.15, -0.1) is 11.8 Å². The molecule has 0 aliphatic carbocycles. The van der Waals surface area contributed by atoms with Crippen molar-refractivity contribution in [1.29, 1.82) is 0 Å². The van der Waals surface area contributed by atoms with Crippen molar-refractivity contribution in [3.63, 3.8) is 0 Å². The van der Waals surface area contributed by atoms with E-state index in [-0.39, 0.29) is 11.6 Å². The molecule has 0 saturated heterocycles. The van der Waals surface area contributed by atoms with Crippen LogP contribution in [-0.4, -0.2) is 32.1 Å². The SMILES string of the molecule is Fc1ccccc1OCCSc1ncnc2c1cnn2-c1ccccc1. The molecule has 0 aliphatic heterocycles. The average Bonchev–Trinajstić information content (AvgIpc) is 3.12. The first-order chi connectivity index (χ1) is 12.8. The lowest BCUT2D eigenvalue weighted by Gasteiger charge is -2.07. The fourth-order valence-electron chi connectivity index (χ4n) is 2.55. The number of rotatable bonds is 6. The molecule has 0 spiro atoms. The maximum absolute atomic E-state index is 13.5. The van der Waals surface area contributed by atoms with Crippen LogP contribution in [0.25, 0.3) is 16.7 Å². The molecule has 2 aromatic heterocycles. The first kappa shape index (κ1) is 16.5. The summed E-state index contributed by atoms with van der Waals surface area (Å²) in [5.74, 6) is 0.542. The smallest absolute Gasteiger partial charge is 0.167 e. The molecule has 130 valence electrons. The number of halogens is 1. The van der Waals surface area contributed by atoms with E-state index in [1.54, 1.807) is 29.1 Å². The van der Waals surface area contributed by atoms with Crippen LogP contribution in [0.15, 0.2) is 72.1 Å². The molecule has 0 amide bonds. The zero-order chi connectivity index (χ0) is 17.8. The fourth-order valence-corrected chi connectivity index (χ4v) is 3.33. The van der Waals surface area contributed by atoms with Crippen LogP contribution >= 0.6 is 11.8 Å². The van der Waals surface area contributed by atoms with Gasteiger partial charge in [0.2, 0.25) is 0 Å². The van der Waals surface area contributed by atoms with Crippen LogP contribution in [0.2, 0.25) is 0 Å². The Morgan fingerprint density at radius 1 is 1.00 bits per heavy atom. The maximum atomic E-state index is 13.5. The standard InChI is InChI=1S/C19H15FN4OS/c20-16-8-4-5-9-17(16)25-10-11-26-19-15-12-23-24(18(15)21-13-22-19)14-6-2-1-3-7-14/h1-9,12-13H,10-11H2. The lowest BCUT2D eigenvalue weighted by atomic mass is 10.3. The van der Waals surface area contributed by atoms with Gasteiger partial charge in [0.05, 0.1) is 23.9 Å². The number of para-hydroxylation sites is 2. The number of fused-ring (bicyclic) bond motifs is 1. The van der Waals surface area contributed by atoms with Crippen molar-refractivity contribution >= 4 is 22.8 Å². The second-order valence-corrected chi connectivity index (χ2v) is 6.52. The first-order valence-electron chi connectivity index (χ1n) is 8.07. The zero-order valence-corrected chi connectivity index (χ0v) is 14.6. The molecule has 0 aliphatic rings. The summed E-state index contributed by atoms with van der Waals surface area (Å²) < 4.78 is 20.8. The van der Waals surface area contributed by atoms with Gasteiger partial charge in [-0.25, -0.2) is 19.0 Å². The minimum atomic E-state index is -0.355. The molecule has 7 heteroatoms. The van der Waals surface area contributed by atoms with E-state index in [4.69, 9.17) is 4.74 Å². The predicted molar refractivity (Wildman–Crippen MR) is 99.3 cm³/mol. The highest BCUT2D eigenvalue weighted by atomic mass is 32.2. The second-order valence-electron chi connectivity index (χ2n) is 5.44. The Labute approximate surface area is 153 Å². The van der Waals surface area contributed by atoms with Gasteiger partial charge in [0.1, 0.15) is 11.4 Å². The van der Waals surface area contributed by atoms with E-state index in [0.29, 0.717) is 12.4 Å². The fraction of sp³-hybridized carbons (Fsp3) is 0.105. The topological polar surface area (TPSA) is 52.8 Å². The van der Waals surface area contributed by atoms with E-state index in [2.05, 4.69) is 15.1 Å². The predicted octanol–water partition coefficient (Wildman–Crippen LogP) is 4.13. The van der Waals surface area contributed by atoms with Crippen molar-refractivity contribution in [2.45, 2.75) is 5.03 Å². The van der Waals surface area contributed by atoms with Crippen molar-refractivity contribution in [3.8, 4) is 11.4 Å². The van der Waals surface area contributed by atoms with E-state index >= 15 is 0 Å². The van der Waals surface area contributed by atoms with Gasteiger partial charge in [0.25, 0.3) is 0 Å². The number of nitrogens with zero attached hydrogens (tertiary/aromatic N) is 4. The molecule has 0 bridgehead atoms. The van der Waals surface area contributed by atoms with Crippen LogP contribution in [-0.2, 0) is 0 Å². The lowest BCUT2D eigenvalue weighted by Crippen LogP contribution is -2.02. The second kappa shape index (κ2) is 7.53. The number of hydrogen-bond donors (Lipinski definition) is 0. The molecule has 5 nitrogen and oxygen atoms in total. The molecule has 2 heterocycles. The third kappa shape index (κ3) is 3.39. The van der Waals surface area contributed by atoms with Crippen molar-refractivity contribution in [2.24, 2.45) is 0 Å². The highest BCUT2D eigenvalue weighted by Crippen LogP contribution is 2.26. The third-order valence-corrected chi connectivity index (χ3v) is 4.72. The molecule has 4 aromatic rings. The Bertz CT molecular complexity index is 1020. The summed E-state index contributed by atoms with van der Waals surface area (Å²) in [6, 6.07) is 16.2. The van der Waals surface area contributed by atoms with Gasteiger partial charge in [-0.1, -0.05) is 30.3 Å². The normalized spacial score (nSPS) is 11.0. The molecule has 0 atom stereocenters. The summed E-state index contributed by atoms with van der Waals surface area (Å²) in [6.45, 7) is 0.379. The number of ether oxygens (including phenoxy) is 1. The van der Waals surface area contributed by atoms with Gasteiger partial charge in [0, 0.05) is 5.75 Å². The van der Waals surface area contributed by atoms with Crippen molar-refractivity contribution in [2.75, 3.05) is 12.4 Å². The summed E-state index contributed by atoms with van der Waals surface area (Å²) in [6.07, 6.45) is 3.30. The zero-order valence-electron chi connectivity index (χ0n) is 13.7. The monoisotopic (exact) mass is 366 g/mol. The third-order valence-electron chi connectivity index (χ3n) is 3.75. The molecule has 0 N–H and O–H groups in total. The summed E-state index contributed by atoms with van der Waals surface area (Å²) in [5.41, 5.74) is 1.70. The van der Waals surface area contributed by atoms with Crippen molar-refractivity contribution in [1.82, 2.24) is 19.7 Å². The van der Waals surface area contributed by atoms with Crippen LogP contribution in [0.4, 0.5) is 4.39 Å². The molecule has 0 fully saturated rings. The van der Waals surface area contributed by atoms with Crippen LogP contribution < -0.4 is 4.74 Å². The minimum Gasteiger partial charge on any atom is -0.490 e. The molecule has 0 radical (unpaired) electrons. The number of aromatic nitrogens is 4. The first-order valence-corrected chi connectivity index (χ1v) is 9.06. The Hall–Kier alpha value is -2.93. The van der Waals surface area contributed by atoms with Gasteiger partial charge in [-0.2, -0.15) is 5.10 Å². The Balaban J connectivity index is 1.47. The number of hydrogen-bond acceptors (Lipinski definition) is 5. The van der Waals surface area contributed by atoms with Gasteiger partial charge < -0.3 is 4.74 Å². The van der Waals surface area contributed by atoms with Crippen LogP contribution in [0.1, 0.15) is 0 Å². The largest absolute Gasteiger partial charge is 0.490 e. The van der Waals surface area contributed by atoms with Crippen molar-refractivity contribution < 1.29 is 9.13 Å². The van der Waals surface area contributed by atoms with E-state index in [0.717, 1.165) is 21.7 Å². The van der Waals surface area contributed by atoms with Crippen molar-refractivity contribution in [3.05, 3.63) is 72.9 Å². The lowest BCUT2D eigenvalue weighted by molar-refractivity contribution is 0.325. The summed E-state index contributed by atoms with van der Waals surface area (Å²) in [5, 5.41) is 6.14. The number of thioether (sulfide) groups is 1. The highest BCUT2D eigenvalue weighted by Gasteiger charge is 2.11. The van der Waals surface area contributed by atoms with E-state index in [1.165, 1.54) is 24.2 Å². The Morgan fingerprint density at radius 2 is 1.81 bits per heavy atom. The average molecular weight is 366 g/mol. The summed E-state index contributed by atoms with van der Waals surface area (Å²) in [4.78, 5) is 8.71. The molecular weight excluding hydrogens is 351 g/mol. The molecule has 0 saturated carbocycles. The molecule has 0 unspecified atom stereocenters. The molecule has 4 rings (SSSR count). The molecule has 26 heavy (non-hydrogen) atoms. The van der Waals surface area contributed by atoms with Crippen LogP contribution in [0.5, 0.6) is 5.75 Å². The molecular formula is C19H15FN4OS. The summed E-state index contributed by atoms with van der Waals surface area (Å²) in [7, 11) is 0. The van der Waals surface area contributed by atoms with E-state index < -0.39 is 0 Å². The van der Waals surface area contributed by atoms with Gasteiger partial charge in [-0.05, 0) is 24.3 Å². The summed E-state index contributed by atoms with van der Waals surface area (Å²) >= 11 is 1.53. The van der Waals surface area contributed by atoms with Crippen LogP contribution in [0, 0.1) is 5.82 Å². The van der Waals surface area contributed by atoms with Gasteiger partial charge in [0.15, 0.2) is 17.2 Å². The quantitative estimate of drug-likeness (QED) is 0.292. The Morgan fingerprint density at radius 3 is 2.65 bits per heavy atom. The molecule has 2 aromatic carbocycles.